The van der Waals surface area contributed by atoms with Crippen molar-refractivity contribution in [3.63, 3.8) is 0 Å². The van der Waals surface area contributed by atoms with Crippen LogP contribution < -0.4 is 10.6 Å². The number of aromatic amines is 1. The number of carbonyl (C=O) groups is 2. The number of aromatic nitrogens is 1. The minimum absolute atomic E-state index is 0.0332. The van der Waals surface area contributed by atoms with Gasteiger partial charge in [0.15, 0.2) is 0 Å². The lowest BCUT2D eigenvalue weighted by Crippen LogP contribution is -2.42. The Hall–Kier alpha value is -2.83. The predicted octanol–water partition coefficient (Wildman–Crippen LogP) is 3.58. The number of para-hydroxylation sites is 1. The van der Waals surface area contributed by atoms with Crippen LogP contribution in [0, 0.1) is 5.92 Å². The van der Waals surface area contributed by atoms with Gasteiger partial charge < -0.3 is 15.6 Å². The van der Waals surface area contributed by atoms with Gasteiger partial charge in [0.05, 0.1) is 0 Å². The summed E-state index contributed by atoms with van der Waals surface area (Å²) in [4.78, 5) is 30.2. The highest BCUT2D eigenvalue weighted by Crippen LogP contribution is 2.20. The molecule has 2 heterocycles. The van der Waals surface area contributed by atoms with E-state index in [1.165, 1.54) is 5.56 Å². The number of carbonyl (C=O) groups excluding carboxylic acids is 2. The molecule has 1 fully saturated rings. The molecule has 0 spiro atoms. The summed E-state index contributed by atoms with van der Waals surface area (Å²) in [5.74, 6) is -0.0576. The number of fused-ring (bicyclic) bond motifs is 1. The Morgan fingerprint density at radius 3 is 2.45 bits per heavy atom. The van der Waals surface area contributed by atoms with E-state index >= 15 is 0 Å². The van der Waals surface area contributed by atoms with Crippen LogP contribution in [0.5, 0.6) is 0 Å². The second-order valence-electron chi connectivity index (χ2n) is 7.99. The molecular formula is C24H27ClN4O2. The third kappa shape index (κ3) is 5.66. The number of rotatable bonds is 7. The average molecular weight is 439 g/mol. The molecule has 1 aromatic heterocycles. The van der Waals surface area contributed by atoms with E-state index in [1.54, 1.807) is 0 Å². The first kappa shape index (κ1) is 21.4. The molecule has 0 saturated carbocycles. The number of benzene rings is 2. The maximum atomic E-state index is 12.5. The maximum absolute atomic E-state index is 12.5. The van der Waals surface area contributed by atoms with Crippen molar-refractivity contribution in [1.82, 2.24) is 20.5 Å². The van der Waals surface area contributed by atoms with Crippen LogP contribution in [0.2, 0.25) is 5.02 Å². The Bertz CT molecular complexity index is 1010. The fourth-order valence-electron chi connectivity index (χ4n) is 4.00. The van der Waals surface area contributed by atoms with Gasteiger partial charge in [-0.25, -0.2) is 0 Å². The number of likely N-dealkylation sites (tertiary alicyclic amines) is 1. The average Bonchev–Trinajstić information content (AvgIpc) is 3.23. The summed E-state index contributed by atoms with van der Waals surface area (Å²) in [6.07, 6.45) is 1.70. The lowest BCUT2D eigenvalue weighted by molar-refractivity contribution is -0.126. The number of hydrogen-bond acceptors (Lipinski definition) is 3. The summed E-state index contributed by atoms with van der Waals surface area (Å²) >= 11 is 5.94. The zero-order valence-electron chi connectivity index (χ0n) is 17.4. The predicted molar refractivity (Wildman–Crippen MR) is 123 cm³/mol. The molecule has 1 aliphatic rings. The van der Waals surface area contributed by atoms with Gasteiger partial charge in [-0.2, -0.15) is 0 Å². The first-order valence-corrected chi connectivity index (χ1v) is 11.1. The quantitative estimate of drug-likeness (QED) is 0.493. The molecule has 1 aliphatic heterocycles. The first-order valence-electron chi connectivity index (χ1n) is 10.7. The highest BCUT2D eigenvalue weighted by atomic mass is 35.5. The van der Waals surface area contributed by atoms with Crippen LogP contribution in [0.15, 0.2) is 54.6 Å². The Labute approximate surface area is 187 Å². The van der Waals surface area contributed by atoms with Crippen molar-refractivity contribution >= 4 is 34.3 Å². The smallest absolute Gasteiger partial charge is 0.267 e. The molecule has 7 heteroatoms. The van der Waals surface area contributed by atoms with E-state index in [0.29, 0.717) is 18.8 Å². The van der Waals surface area contributed by atoms with Gasteiger partial charge in [0.2, 0.25) is 5.91 Å². The van der Waals surface area contributed by atoms with Gasteiger partial charge in [-0.1, -0.05) is 41.9 Å². The van der Waals surface area contributed by atoms with Crippen LogP contribution in [0.1, 0.15) is 28.9 Å². The van der Waals surface area contributed by atoms with Crippen LogP contribution in [0.25, 0.3) is 10.9 Å². The molecule has 4 rings (SSSR count). The van der Waals surface area contributed by atoms with Crippen molar-refractivity contribution in [3.05, 3.63) is 70.9 Å². The summed E-state index contributed by atoms with van der Waals surface area (Å²) in [7, 11) is 0. The largest absolute Gasteiger partial charge is 0.354 e. The molecule has 0 unspecified atom stereocenters. The van der Waals surface area contributed by atoms with Gasteiger partial charge >= 0.3 is 0 Å². The van der Waals surface area contributed by atoms with E-state index in [-0.39, 0.29) is 17.7 Å². The van der Waals surface area contributed by atoms with Crippen molar-refractivity contribution in [2.75, 3.05) is 26.2 Å². The number of halogens is 1. The van der Waals surface area contributed by atoms with E-state index < -0.39 is 0 Å². The molecule has 2 aromatic carbocycles. The maximum Gasteiger partial charge on any atom is 0.267 e. The number of piperidine rings is 1. The molecular weight excluding hydrogens is 412 g/mol. The first-order chi connectivity index (χ1) is 15.1. The van der Waals surface area contributed by atoms with Gasteiger partial charge in [-0.3, -0.25) is 14.5 Å². The van der Waals surface area contributed by atoms with Gasteiger partial charge in [-0.15, -0.1) is 0 Å². The van der Waals surface area contributed by atoms with E-state index in [0.717, 1.165) is 48.4 Å². The summed E-state index contributed by atoms with van der Waals surface area (Å²) in [5.41, 5.74) is 2.70. The van der Waals surface area contributed by atoms with Crippen molar-refractivity contribution in [2.45, 2.75) is 19.4 Å². The van der Waals surface area contributed by atoms with E-state index in [1.807, 2.05) is 54.6 Å². The topological polar surface area (TPSA) is 77.2 Å². The number of nitrogens with one attached hydrogen (secondary N) is 3. The SMILES string of the molecule is O=C(NCCNC(=O)C1CCN(Cc2ccc(Cl)cc2)CC1)c1cc2ccccc2[nH]1. The highest BCUT2D eigenvalue weighted by Gasteiger charge is 2.24. The molecule has 3 N–H and O–H groups in total. The van der Waals surface area contributed by atoms with Crippen molar-refractivity contribution in [1.29, 1.82) is 0 Å². The Kier molecular flexibility index (Phi) is 6.89. The highest BCUT2D eigenvalue weighted by molar-refractivity contribution is 6.30. The van der Waals surface area contributed by atoms with E-state index in [4.69, 9.17) is 11.6 Å². The number of nitrogens with zero attached hydrogens (tertiary/aromatic N) is 1. The third-order valence-corrected chi connectivity index (χ3v) is 6.01. The summed E-state index contributed by atoms with van der Waals surface area (Å²) in [5, 5.41) is 7.56. The second kappa shape index (κ2) is 9.98. The summed E-state index contributed by atoms with van der Waals surface area (Å²) < 4.78 is 0. The minimum Gasteiger partial charge on any atom is -0.354 e. The van der Waals surface area contributed by atoms with Gasteiger partial charge in [0.25, 0.3) is 5.91 Å². The molecule has 162 valence electrons. The molecule has 3 aromatic rings. The zero-order chi connectivity index (χ0) is 21.6. The molecule has 0 bridgehead atoms. The minimum atomic E-state index is -0.166. The van der Waals surface area contributed by atoms with Crippen molar-refractivity contribution in [3.8, 4) is 0 Å². The molecule has 31 heavy (non-hydrogen) atoms. The van der Waals surface area contributed by atoms with Crippen molar-refractivity contribution in [2.24, 2.45) is 5.92 Å². The zero-order valence-corrected chi connectivity index (χ0v) is 18.1. The lowest BCUT2D eigenvalue weighted by Gasteiger charge is -2.31. The van der Waals surface area contributed by atoms with E-state index in [9.17, 15) is 9.59 Å². The Morgan fingerprint density at radius 2 is 1.71 bits per heavy atom. The van der Waals surface area contributed by atoms with Gasteiger partial charge in [-0.05, 0) is 55.8 Å². The molecule has 1 saturated heterocycles. The van der Waals surface area contributed by atoms with Crippen LogP contribution >= 0.6 is 11.6 Å². The molecule has 2 amide bonds. The number of amides is 2. The fourth-order valence-corrected chi connectivity index (χ4v) is 4.12. The van der Waals surface area contributed by atoms with E-state index in [2.05, 4.69) is 20.5 Å². The second-order valence-corrected chi connectivity index (χ2v) is 8.43. The van der Waals surface area contributed by atoms with Crippen LogP contribution in [0.4, 0.5) is 0 Å². The Balaban J connectivity index is 1.15. The number of H-pyrrole nitrogens is 1. The van der Waals surface area contributed by atoms with Crippen LogP contribution in [-0.2, 0) is 11.3 Å². The van der Waals surface area contributed by atoms with Gasteiger partial charge in [0, 0.05) is 41.5 Å². The molecule has 0 radical (unpaired) electrons. The fraction of sp³-hybridized carbons (Fsp3) is 0.333. The van der Waals surface area contributed by atoms with Crippen LogP contribution in [-0.4, -0.2) is 47.9 Å². The molecule has 0 atom stereocenters. The third-order valence-electron chi connectivity index (χ3n) is 5.76. The van der Waals surface area contributed by atoms with Crippen LogP contribution in [0.3, 0.4) is 0 Å². The monoisotopic (exact) mass is 438 g/mol. The molecule has 6 nitrogen and oxygen atoms in total. The summed E-state index contributed by atoms with van der Waals surface area (Å²) in [6.45, 7) is 3.51. The lowest BCUT2D eigenvalue weighted by atomic mass is 9.95. The number of hydrogen-bond donors (Lipinski definition) is 3. The normalized spacial score (nSPS) is 15.1. The summed E-state index contributed by atoms with van der Waals surface area (Å²) in [6, 6.07) is 17.5. The Morgan fingerprint density at radius 1 is 1.00 bits per heavy atom. The molecule has 0 aliphatic carbocycles. The van der Waals surface area contributed by atoms with Gasteiger partial charge in [0.1, 0.15) is 5.69 Å². The van der Waals surface area contributed by atoms with Crippen molar-refractivity contribution < 1.29 is 9.59 Å². The standard InChI is InChI=1S/C24H27ClN4O2/c25-20-7-5-17(6-8-20)16-29-13-9-18(10-14-29)23(30)26-11-12-27-24(31)22-15-19-3-1-2-4-21(19)28-22/h1-8,15,18,28H,9-14,16H2,(H,26,30)(H,27,31).